The Morgan fingerprint density at radius 3 is 2.38 bits per heavy atom. The monoisotopic (exact) mass is 650 g/mol. The summed E-state index contributed by atoms with van der Waals surface area (Å²) in [7, 11) is -4.01. The van der Waals surface area contributed by atoms with Gasteiger partial charge in [-0.3, -0.25) is 14.4 Å². The van der Waals surface area contributed by atoms with Crippen LogP contribution in [0.15, 0.2) is 66.7 Å². The van der Waals surface area contributed by atoms with Gasteiger partial charge in [-0.2, -0.15) is 0 Å². The van der Waals surface area contributed by atoms with Crippen LogP contribution in [0.2, 0.25) is 0 Å². The fourth-order valence-electron chi connectivity index (χ4n) is 4.91. The lowest BCUT2D eigenvalue weighted by atomic mass is 10.0. The number of carbonyl (C=O) groups is 3. The van der Waals surface area contributed by atoms with Crippen molar-refractivity contribution in [1.82, 2.24) is 15.6 Å². The Morgan fingerprint density at radius 1 is 1.00 bits per heavy atom. The molecule has 9 nitrogen and oxygen atoms in total. The number of sulfone groups is 1. The van der Waals surface area contributed by atoms with Gasteiger partial charge in [0.1, 0.15) is 10.8 Å². The third kappa shape index (κ3) is 8.52. The van der Waals surface area contributed by atoms with Crippen LogP contribution in [0.1, 0.15) is 48.9 Å². The largest absolute Gasteiger partial charge is 0.352 e. The number of aromatic nitrogens is 1. The summed E-state index contributed by atoms with van der Waals surface area (Å²) >= 11 is 1.000. The van der Waals surface area contributed by atoms with Crippen molar-refractivity contribution in [3.8, 4) is 11.1 Å². The maximum atomic E-state index is 15.3. The van der Waals surface area contributed by atoms with Crippen molar-refractivity contribution in [3.63, 3.8) is 0 Å². The van der Waals surface area contributed by atoms with E-state index in [0.717, 1.165) is 29.7 Å². The predicted octanol–water partition coefficient (Wildman–Crippen LogP) is 5.18. The SMILES string of the molecule is CC(C)CS(=O)(=O)C(C(=O)NCC(=O)NC1CC1)c1nc2cc(F)c(-c3ccc(NC(=O)CCc4ccccc4)cc3)cc2s1. The molecule has 0 spiro atoms. The number of fused-ring (bicyclic) bond motifs is 1. The number of halogens is 1. The van der Waals surface area contributed by atoms with Crippen LogP contribution in [-0.4, -0.2) is 49.5 Å². The first-order valence-corrected chi connectivity index (χ1v) is 17.3. The molecule has 5 rings (SSSR count). The van der Waals surface area contributed by atoms with Crippen LogP contribution in [0.5, 0.6) is 0 Å². The van der Waals surface area contributed by atoms with E-state index in [9.17, 15) is 22.8 Å². The normalized spacial score (nSPS) is 13.9. The van der Waals surface area contributed by atoms with Gasteiger partial charge in [0.2, 0.25) is 17.7 Å². The van der Waals surface area contributed by atoms with Gasteiger partial charge < -0.3 is 16.0 Å². The van der Waals surface area contributed by atoms with E-state index in [-0.39, 0.29) is 52.2 Å². The highest BCUT2D eigenvalue weighted by atomic mass is 32.2. The minimum absolute atomic E-state index is 0.0101. The second-order valence-corrected chi connectivity index (χ2v) is 14.8. The summed E-state index contributed by atoms with van der Waals surface area (Å²) in [5.74, 6) is -2.45. The Morgan fingerprint density at radius 2 is 1.71 bits per heavy atom. The molecule has 0 radical (unpaired) electrons. The number of nitrogens with zero attached hydrogens (tertiary/aromatic N) is 1. The lowest BCUT2D eigenvalue weighted by Crippen LogP contribution is -2.42. The Labute approximate surface area is 265 Å². The van der Waals surface area contributed by atoms with Gasteiger partial charge in [-0.1, -0.05) is 56.3 Å². The summed E-state index contributed by atoms with van der Waals surface area (Å²) in [5.41, 5.74) is 2.69. The highest BCUT2D eigenvalue weighted by Gasteiger charge is 2.38. The number of amides is 3. The van der Waals surface area contributed by atoms with Gasteiger partial charge in [-0.05, 0) is 54.5 Å². The number of rotatable bonds is 13. The summed E-state index contributed by atoms with van der Waals surface area (Å²) in [4.78, 5) is 42.2. The van der Waals surface area contributed by atoms with Gasteiger partial charge in [-0.15, -0.1) is 11.3 Å². The molecule has 0 saturated heterocycles. The number of hydrogen-bond acceptors (Lipinski definition) is 7. The molecule has 236 valence electrons. The maximum absolute atomic E-state index is 15.3. The number of hydrogen-bond donors (Lipinski definition) is 3. The fourth-order valence-corrected chi connectivity index (χ4v) is 8.36. The van der Waals surface area contributed by atoms with E-state index in [1.165, 1.54) is 6.07 Å². The molecule has 1 unspecified atom stereocenters. The molecule has 1 aliphatic rings. The average molecular weight is 651 g/mol. The number of anilines is 1. The first-order chi connectivity index (χ1) is 21.5. The van der Waals surface area contributed by atoms with Crippen molar-refractivity contribution in [2.45, 2.75) is 50.8 Å². The van der Waals surface area contributed by atoms with E-state index < -0.39 is 26.8 Å². The lowest BCUT2D eigenvalue weighted by Gasteiger charge is -2.16. The number of carbonyl (C=O) groups excluding carboxylic acids is 3. The second-order valence-electron chi connectivity index (χ2n) is 11.6. The number of nitrogens with one attached hydrogen (secondary N) is 3. The van der Waals surface area contributed by atoms with Crippen LogP contribution < -0.4 is 16.0 Å². The fraction of sp³-hybridized carbons (Fsp3) is 0.333. The molecule has 1 heterocycles. The summed E-state index contributed by atoms with van der Waals surface area (Å²) in [5, 5.41) is 6.44. The van der Waals surface area contributed by atoms with Crippen LogP contribution in [0.4, 0.5) is 10.1 Å². The van der Waals surface area contributed by atoms with E-state index in [0.29, 0.717) is 28.8 Å². The summed E-state index contributed by atoms with van der Waals surface area (Å²) < 4.78 is 42.6. The van der Waals surface area contributed by atoms with Crippen LogP contribution in [0, 0.1) is 11.7 Å². The molecular formula is C33H35FN4O5S2. The molecule has 0 bridgehead atoms. The molecule has 1 atom stereocenters. The smallest absolute Gasteiger partial charge is 0.245 e. The third-order valence-corrected chi connectivity index (χ3v) is 10.7. The van der Waals surface area contributed by atoms with E-state index in [1.807, 2.05) is 30.3 Å². The van der Waals surface area contributed by atoms with Gasteiger partial charge in [0.05, 0.1) is 22.5 Å². The molecule has 1 aliphatic carbocycles. The Bertz CT molecular complexity index is 1800. The van der Waals surface area contributed by atoms with E-state index in [1.54, 1.807) is 44.2 Å². The Balaban J connectivity index is 1.33. The number of thiazole rings is 1. The van der Waals surface area contributed by atoms with Crippen molar-refractivity contribution in [2.75, 3.05) is 17.6 Å². The topological polar surface area (TPSA) is 134 Å². The second kappa shape index (κ2) is 13.9. The number of aryl methyl sites for hydroxylation is 1. The average Bonchev–Trinajstić information content (AvgIpc) is 3.71. The molecule has 1 aromatic heterocycles. The zero-order valence-electron chi connectivity index (χ0n) is 25.0. The first kappa shape index (κ1) is 32.2. The van der Waals surface area contributed by atoms with Crippen molar-refractivity contribution < 1.29 is 27.2 Å². The predicted molar refractivity (Wildman–Crippen MR) is 174 cm³/mol. The summed E-state index contributed by atoms with van der Waals surface area (Å²) in [6.07, 6.45) is 2.70. The van der Waals surface area contributed by atoms with Gasteiger partial charge in [0.25, 0.3) is 0 Å². The van der Waals surface area contributed by atoms with Crippen molar-refractivity contribution >= 4 is 54.8 Å². The molecule has 1 fully saturated rings. The highest BCUT2D eigenvalue weighted by Crippen LogP contribution is 2.36. The molecule has 45 heavy (non-hydrogen) atoms. The van der Waals surface area contributed by atoms with E-state index in [4.69, 9.17) is 0 Å². The van der Waals surface area contributed by atoms with Gasteiger partial charge in [0.15, 0.2) is 15.1 Å². The zero-order valence-corrected chi connectivity index (χ0v) is 26.6. The molecule has 4 aromatic rings. The quantitative estimate of drug-likeness (QED) is 0.183. The molecule has 0 aliphatic heterocycles. The maximum Gasteiger partial charge on any atom is 0.245 e. The van der Waals surface area contributed by atoms with Crippen LogP contribution in [0.25, 0.3) is 21.3 Å². The van der Waals surface area contributed by atoms with Crippen molar-refractivity contribution in [3.05, 3.63) is 83.1 Å². The molecule has 12 heteroatoms. The van der Waals surface area contributed by atoms with Crippen LogP contribution >= 0.6 is 11.3 Å². The van der Waals surface area contributed by atoms with Gasteiger partial charge in [-0.25, -0.2) is 17.8 Å². The molecule has 3 amide bonds. The third-order valence-electron chi connectivity index (χ3n) is 7.21. The van der Waals surface area contributed by atoms with Gasteiger partial charge >= 0.3 is 0 Å². The molecule has 3 N–H and O–H groups in total. The van der Waals surface area contributed by atoms with E-state index >= 15 is 4.39 Å². The summed E-state index contributed by atoms with van der Waals surface area (Å²) in [6, 6.07) is 19.4. The van der Waals surface area contributed by atoms with Crippen molar-refractivity contribution in [1.29, 1.82) is 0 Å². The van der Waals surface area contributed by atoms with E-state index in [2.05, 4.69) is 20.9 Å². The Kier molecular flexibility index (Phi) is 9.93. The minimum Gasteiger partial charge on any atom is -0.352 e. The van der Waals surface area contributed by atoms with Gasteiger partial charge in [0, 0.05) is 29.8 Å². The van der Waals surface area contributed by atoms with Crippen LogP contribution in [0.3, 0.4) is 0 Å². The Hall–Kier alpha value is -4.16. The highest BCUT2D eigenvalue weighted by molar-refractivity contribution is 7.92. The van der Waals surface area contributed by atoms with Crippen molar-refractivity contribution in [2.24, 2.45) is 5.92 Å². The molecule has 1 saturated carbocycles. The molecular weight excluding hydrogens is 616 g/mol. The minimum atomic E-state index is -4.01. The van der Waals surface area contributed by atoms with Crippen LogP contribution in [-0.2, 0) is 30.6 Å². The zero-order chi connectivity index (χ0) is 32.1. The summed E-state index contributed by atoms with van der Waals surface area (Å²) in [6.45, 7) is 3.12. The lowest BCUT2D eigenvalue weighted by molar-refractivity contribution is -0.126. The molecule has 3 aromatic carbocycles. The standard InChI is InChI=1S/C33H35FN4O5S2/c1-20(2)19-45(42,43)31(32(41)35-18-30(40)37-24-13-14-24)33-38-27-17-26(34)25(16-28(27)44-33)22-9-11-23(12-10-22)36-29(39)15-8-21-6-4-3-5-7-21/h3-7,9-12,16-17,20,24,31H,8,13-15,18-19H2,1-2H3,(H,35,41)(H,36,39)(H,37,40). The number of benzene rings is 3. The first-order valence-electron chi connectivity index (χ1n) is 14.8.